The summed E-state index contributed by atoms with van der Waals surface area (Å²) in [5.74, 6) is 0. The summed E-state index contributed by atoms with van der Waals surface area (Å²) in [5.41, 5.74) is 0.851. The smallest absolute Gasteiger partial charge is 0.271 e. The summed E-state index contributed by atoms with van der Waals surface area (Å²) in [5, 5.41) is 9.84. The number of nitrogens with two attached hydrogens (primary N) is 2. The van der Waals surface area contributed by atoms with E-state index in [0.717, 1.165) is 5.56 Å². The van der Waals surface area contributed by atoms with Crippen molar-refractivity contribution in [2.75, 3.05) is 11.3 Å². The molecule has 10 nitrogen and oxygen atoms in total. The molecule has 0 saturated carbocycles. The minimum absolute atomic E-state index is 0.0278. The molecule has 0 aliphatic rings. The zero-order valence-electron chi connectivity index (χ0n) is 13.9. The van der Waals surface area contributed by atoms with Crippen LogP contribution in [0.15, 0.2) is 58.3 Å². The maximum atomic E-state index is 12.2. The third-order valence-electron chi connectivity index (χ3n) is 3.38. The van der Waals surface area contributed by atoms with E-state index in [2.05, 4.69) is 4.72 Å². The molecule has 0 aromatic heterocycles. The van der Waals surface area contributed by atoms with Crippen LogP contribution in [0.5, 0.6) is 0 Å². The van der Waals surface area contributed by atoms with E-state index >= 15 is 0 Å². The second-order valence-corrected chi connectivity index (χ2v) is 10.1. The summed E-state index contributed by atoms with van der Waals surface area (Å²) < 4.78 is 73.1. The Morgan fingerprint density at radius 2 is 1.26 bits per heavy atom. The summed E-state index contributed by atoms with van der Waals surface area (Å²) in [4.78, 5) is -0.0768. The number of benzene rings is 2. The van der Waals surface area contributed by atoms with Crippen molar-refractivity contribution in [3.63, 3.8) is 0 Å². The fourth-order valence-electron chi connectivity index (χ4n) is 2.13. The Bertz CT molecular complexity index is 1110. The molecule has 0 radical (unpaired) electrons. The Labute approximate surface area is 157 Å². The van der Waals surface area contributed by atoms with Gasteiger partial charge in [0, 0.05) is 12.2 Å². The highest BCUT2D eigenvalue weighted by Gasteiger charge is 2.14. The van der Waals surface area contributed by atoms with Crippen molar-refractivity contribution in [2.45, 2.75) is 16.2 Å². The molecule has 0 amide bonds. The lowest BCUT2D eigenvalue weighted by Crippen LogP contribution is -2.26. The van der Waals surface area contributed by atoms with Crippen LogP contribution in [0, 0.1) is 0 Å². The van der Waals surface area contributed by atoms with Crippen LogP contribution in [0.3, 0.4) is 0 Å². The lowest BCUT2D eigenvalue weighted by Gasteiger charge is -2.08. The van der Waals surface area contributed by atoms with Gasteiger partial charge in [0.05, 0.1) is 9.79 Å². The second kappa shape index (κ2) is 7.92. The summed E-state index contributed by atoms with van der Waals surface area (Å²) >= 11 is 0. The van der Waals surface area contributed by atoms with Gasteiger partial charge in [0.1, 0.15) is 0 Å². The summed E-state index contributed by atoms with van der Waals surface area (Å²) in [6, 6.07) is 10.8. The van der Waals surface area contributed by atoms with Crippen LogP contribution >= 0.6 is 0 Å². The first-order chi connectivity index (χ1) is 12.4. The molecule has 0 fully saturated rings. The fourth-order valence-corrected chi connectivity index (χ4v) is 4.14. The highest BCUT2D eigenvalue weighted by Crippen LogP contribution is 2.15. The molecule has 0 saturated heterocycles. The van der Waals surface area contributed by atoms with Crippen LogP contribution in [-0.4, -0.2) is 31.8 Å². The van der Waals surface area contributed by atoms with Crippen LogP contribution < -0.4 is 19.7 Å². The molecule has 0 spiro atoms. The maximum absolute atomic E-state index is 12.2. The van der Waals surface area contributed by atoms with Crippen molar-refractivity contribution in [3.05, 3.63) is 54.1 Å². The minimum Gasteiger partial charge on any atom is -0.271 e. The van der Waals surface area contributed by atoms with E-state index in [0.29, 0.717) is 6.42 Å². The van der Waals surface area contributed by atoms with E-state index in [1.54, 1.807) is 12.1 Å². The van der Waals surface area contributed by atoms with Gasteiger partial charge in [-0.1, -0.05) is 12.1 Å². The quantitative estimate of drug-likeness (QED) is 0.433. The molecule has 0 unspecified atom stereocenters. The molecule has 2 aromatic carbocycles. The number of nitrogens with one attached hydrogen (secondary N) is 2. The molecule has 2 rings (SSSR count). The minimum atomic E-state index is -3.94. The number of rotatable bonds is 8. The molecule has 0 atom stereocenters. The van der Waals surface area contributed by atoms with E-state index in [9.17, 15) is 25.3 Å². The zero-order valence-corrected chi connectivity index (χ0v) is 16.3. The van der Waals surface area contributed by atoms with Crippen LogP contribution in [-0.2, 0) is 36.7 Å². The standard InChI is InChI=1S/C14H18N4O6S3/c15-25(19,20)13-5-1-11(2-6-13)9-10-17-26(21,22)14-7-3-12(4-8-14)18-27(16,23)24/h1-8,17-18H,9-10H2,(H2,15,19,20)(H2,16,23,24). The van der Waals surface area contributed by atoms with Crippen LogP contribution in [0.2, 0.25) is 0 Å². The zero-order chi connectivity index (χ0) is 20.3. The molecule has 13 heteroatoms. The molecule has 0 aliphatic heterocycles. The Morgan fingerprint density at radius 3 is 1.74 bits per heavy atom. The third-order valence-corrected chi connectivity index (χ3v) is 6.31. The Balaban J connectivity index is 1.98. The van der Waals surface area contributed by atoms with Gasteiger partial charge in [-0.3, -0.25) is 4.72 Å². The number of anilines is 1. The molecule has 27 heavy (non-hydrogen) atoms. The van der Waals surface area contributed by atoms with Gasteiger partial charge in [-0.05, 0) is 48.4 Å². The van der Waals surface area contributed by atoms with Crippen LogP contribution in [0.4, 0.5) is 5.69 Å². The molecule has 2 aromatic rings. The van der Waals surface area contributed by atoms with Crippen molar-refractivity contribution in [1.82, 2.24) is 4.72 Å². The van der Waals surface area contributed by atoms with Gasteiger partial charge in [0.2, 0.25) is 20.0 Å². The molecule has 6 N–H and O–H groups in total. The number of primary sulfonamides is 1. The Kier molecular flexibility index (Phi) is 6.24. The van der Waals surface area contributed by atoms with Gasteiger partial charge < -0.3 is 0 Å². The average molecular weight is 435 g/mol. The SMILES string of the molecule is NS(=O)(=O)Nc1ccc(S(=O)(=O)NCCc2ccc(S(N)(=O)=O)cc2)cc1. The first-order valence-electron chi connectivity index (χ1n) is 7.39. The van der Waals surface area contributed by atoms with Crippen molar-refractivity contribution in [1.29, 1.82) is 0 Å². The number of hydrogen-bond donors (Lipinski definition) is 4. The molecular weight excluding hydrogens is 416 g/mol. The Hall–Kier alpha value is -2.03. The van der Waals surface area contributed by atoms with E-state index in [-0.39, 0.29) is 22.0 Å². The number of sulfonamides is 2. The van der Waals surface area contributed by atoms with E-state index in [1.165, 1.54) is 36.4 Å². The molecule has 0 aliphatic carbocycles. The van der Waals surface area contributed by atoms with Gasteiger partial charge in [-0.2, -0.15) is 8.42 Å². The van der Waals surface area contributed by atoms with Gasteiger partial charge in [-0.15, -0.1) is 0 Å². The highest BCUT2D eigenvalue weighted by molar-refractivity contribution is 7.90. The molecule has 0 bridgehead atoms. The monoisotopic (exact) mass is 434 g/mol. The normalized spacial score (nSPS) is 12.7. The van der Waals surface area contributed by atoms with E-state index in [4.69, 9.17) is 10.3 Å². The van der Waals surface area contributed by atoms with Gasteiger partial charge in [0.25, 0.3) is 10.2 Å². The summed E-state index contributed by atoms with van der Waals surface area (Å²) in [6.07, 6.45) is 0.329. The lowest BCUT2D eigenvalue weighted by molar-refractivity contribution is 0.581. The lowest BCUT2D eigenvalue weighted by atomic mass is 10.2. The van der Waals surface area contributed by atoms with Gasteiger partial charge in [0.15, 0.2) is 0 Å². The third kappa shape index (κ3) is 6.57. The molecular formula is C14H18N4O6S3. The molecule has 0 heterocycles. The van der Waals surface area contributed by atoms with E-state index < -0.39 is 30.3 Å². The van der Waals surface area contributed by atoms with E-state index in [1.807, 2.05) is 4.72 Å². The maximum Gasteiger partial charge on any atom is 0.296 e. The topological polar surface area (TPSA) is 179 Å². The average Bonchev–Trinajstić information content (AvgIpc) is 2.53. The summed E-state index contributed by atoms with van der Waals surface area (Å²) in [6.45, 7) is 0.0776. The largest absolute Gasteiger partial charge is 0.296 e. The van der Waals surface area contributed by atoms with Crippen molar-refractivity contribution in [2.24, 2.45) is 10.3 Å². The predicted octanol–water partition coefficient (Wildman–Crippen LogP) is -0.530. The van der Waals surface area contributed by atoms with Crippen molar-refractivity contribution in [3.8, 4) is 0 Å². The second-order valence-electron chi connectivity index (χ2n) is 5.51. The van der Waals surface area contributed by atoms with Crippen LogP contribution in [0.25, 0.3) is 0 Å². The van der Waals surface area contributed by atoms with Crippen molar-refractivity contribution >= 4 is 35.9 Å². The predicted molar refractivity (Wildman–Crippen MR) is 99.9 cm³/mol. The van der Waals surface area contributed by atoms with Crippen LogP contribution in [0.1, 0.15) is 5.56 Å². The molecule has 148 valence electrons. The van der Waals surface area contributed by atoms with Gasteiger partial charge in [-0.25, -0.2) is 31.8 Å². The summed E-state index contributed by atoms with van der Waals surface area (Å²) in [7, 11) is -11.5. The first-order valence-corrected chi connectivity index (χ1v) is 12.0. The number of hydrogen-bond acceptors (Lipinski definition) is 6. The van der Waals surface area contributed by atoms with Gasteiger partial charge >= 0.3 is 0 Å². The Morgan fingerprint density at radius 1 is 0.741 bits per heavy atom. The first kappa shape index (κ1) is 21.3. The highest BCUT2D eigenvalue weighted by atomic mass is 32.2. The fraction of sp³-hybridized carbons (Fsp3) is 0.143. The van der Waals surface area contributed by atoms with Crippen molar-refractivity contribution < 1.29 is 25.3 Å².